The average Bonchev–Trinajstić information content (AvgIpc) is 3.22. The van der Waals surface area contributed by atoms with E-state index in [4.69, 9.17) is 18.5 Å². The number of carbonyl (C=O) groups excluding carboxylic acids is 1. The largest absolute Gasteiger partial charge is 0.498 e. The molecule has 1 fully saturated rings. The van der Waals surface area contributed by atoms with E-state index in [0.29, 0.717) is 6.42 Å². The maximum atomic E-state index is 12.8. The third-order valence-corrected chi connectivity index (χ3v) is 12.1. The number of hydrogen-bond donors (Lipinski definition) is 6. The molecule has 1 rings (SSSR count). The van der Waals surface area contributed by atoms with Crippen molar-refractivity contribution in [3.05, 3.63) is 24.5 Å². The molecule has 0 heterocycles. The molecule has 0 aliphatic heterocycles. The van der Waals surface area contributed by atoms with Crippen molar-refractivity contribution in [1.82, 2.24) is 0 Å². The van der Waals surface area contributed by atoms with Crippen molar-refractivity contribution >= 4 is 13.8 Å². The van der Waals surface area contributed by atoms with Crippen LogP contribution in [0.5, 0.6) is 0 Å². The zero-order valence-electron chi connectivity index (χ0n) is 37.1. The number of phosphoric ester groups is 1. The van der Waals surface area contributed by atoms with E-state index in [2.05, 4.69) is 26.0 Å². The molecule has 348 valence electrons. The Bertz CT molecular complexity index is 1070. The van der Waals surface area contributed by atoms with Gasteiger partial charge in [0, 0.05) is 6.42 Å². The summed E-state index contributed by atoms with van der Waals surface area (Å²) < 4.78 is 33.9. The van der Waals surface area contributed by atoms with Crippen LogP contribution in [0.15, 0.2) is 24.5 Å². The minimum Gasteiger partial charge on any atom is -0.498 e. The molecule has 1 aliphatic rings. The number of allylic oxidation sites excluding steroid dienone is 3. The minimum atomic E-state index is -5.03. The number of hydrogen-bond acceptors (Lipinski definition) is 11. The maximum absolute atomic E-state index is 12.8. The summed E-state index contributed by atoms with van der Waals surface area (Å²) in [5.41, 5.74) is 0. The van der Waals surface area contributed by atoms with Crippen LogP contribution in [-0.2, 0) is 27.9 Å². The lowest BCUT2D eigenvalue weighted by atomic mass is 9.85. The zero-order valence-corrected chi connectivity index (χ0v) is 38.0. The molecule has 0 saturated heterocycles. The van der Waals surface area contributed by atoms with Gasteiger partial charge >= 0.3 is 13.8 Å². The van der Waals surface area contributed by atoms with E-state index >= 15 is 0 Å². The molecule has 1 aliphatic carbocycles. The van der Waals surface area contributed by atoms with Crippen molar-refractivity contribution in [2.24, 2.45) is 0 Å². The number of phosphoric acid groups is 1. The molecule has 6 unspecified atom stereocenters. The molecule has 6 N–H and O–H groups in total. The SMILES string of the molecule is CCCCCCCCC/C=C\CCCCCCCC(=O)O[C@H](CO/C=C\CCCCCCCCCCCCCCCC)COP(=O)(O)OC1C(O)C(O)C(O)[C@@H](O)C1O. The number of carbonyl (C=O) groups is 1. The van der Waals surface area contributed by atoms with Crippen LogP contribution in [0.1, 0.15) is 206 Å². The second-order valence-electron chi connectivity index (χ2n) is 16.7. The van der Waals surface area contributed by atoms with Crippen LogP contribution < -0.4 is 0 Å². The van der Waals surface area contributed by atoms with Gasteiger partial charge in [-0.05, 0) is 51.0 Å². The van der Waals surface area contributed by atoms with Crippen LogP contribution in [0.25, 0.3) is 0 Å². The number of aliphatic hydroxyl groups is 5. The fourth-order valence-electron chi connectivity index (χ4n) is 7.32. The van der Waals surface area contributed by atoms with Gasteiger partial charge in [-0.2, -0.15) is 0 Å². The second kappa shape index (κ2) is 37.2. The van der Waals surface area contributed by atoms with Crippen LogP contribution in [-0.4, -0.2) is 92.3 Å². The molecule has 0 radical (unpaired) electrons. The summed E-state index contributed by atoms with van der Waals surface area (Å²) >= 11 is 0. The summed E-state index contributed by atoms with van der Waals surface area (Å²) in [7, 11) is -5.03. The van der Waals surface area contributed by atoms with Crippen LogP contribution in [0.2, 0.25) is 0 Å². The molecule has 0 bridgehead atoms. The Kier molecular flexibility index (Phi) is 35.1. The lowest BCUT2D eigenvalue weighted by Gasteiger charge is -2.41. The average molecular weight is 863 g/mol. The first-order valence-corrected chi connectivity index (χ1v) is 25.2. The molecular weight excluding hydrogens is 775 g/mol. The van der Waals surface area contributed by atoms with Gasteiger partial charge < -0.3 is 39.9 Å². The van der Waals surface area contributed by atoms with Crippen LogP contribution in [0, 0.1) is 0 Å². The lowest BCUT2D eigenvalue weighted by Crippen LogP contribution is -2.64. The quantitative estimate of drug-likeness (QED) is 0.0112. The topological polar surface area (TPSA) is 192 Å². The molecular formula is C46H87O12P. The fourth-order valence-corrected chi connectivity index (χ4v) is 8.29. The molecule has 0 spiro atoms. The van der Waals surface area contributed by atoms with E-state index in [1.165, 1.54) is 128 Å². The van der Waals surface area contributed by atoms with Gasteiger partial charge in [-0.25, -0.2) is 4.57 Å². The van der Waals surface area contributed by atoms with Gasteiger partial charge in [-0.1, -0.05) is 167 Å². The Morgan fingerprint density at radius 2 is 0.898 bits per heavy atom. The first-order chi connectivity index (χ1) is 28.5. The third-order valence-electron chi connectivity index (χ3n) is 11.1. The summed E-state index contributed by atoms with van der Waals surface area (Å²) in [6, 6.07) is 0. The van der Waals surface area contributed by atoms with Crippen molar-refractivity contribution in [3.63, 3.8) is 0 Å². The van der Waals surface area contributed by atoms with Crippen molar-refractivity contribution in [2.75, 3.05) is 13.2 Å². The number of esters is 1. The van der Waals surface area contributed by atoms with Gasteiger partial charge in [-0.3, -0.25) is 13.8 Å². The van der Waals surface area contributed by atoms with E-state index in [1.54, 1.807) is 0 Å². The molecule has 59 heavy (non-hydrogen) atoms. The highest BCUT2D eigenvalue weighted by atomic mass is 31.2. The number of unbranched alkanes of at least 4 members (excludes halogenated alkanes) is 26. The molecule has 12 nitrogen and oxygen atoms in total. The standard InChI is InChI=1S/C46H87O12P/c1-3-5-7-9-11-13-15-17-19-21-23-25-27-29-31-33-35-40(47)57-39(38-56-59(53,54)58-46-44(51)42(49)41(48)43(50)45(46)52)37-55-36-34-32-30-28-26-24-22-20-18-16-14-12-10-8-6-4-2/h19,21,34,36,39,41-46,48-52H,3-18,20,22-33,35,37-38H2,1-2H3,(H,53,54)/b21-19-,36-34-/t39-,41?,42-,43?,44?,45?,46?/m1/s1. The summed E-state index contributed by atoms with van der Waals surface area (Å²) in [6.07, 6.45) is 30.4. The molecule has 0 aromatic rings. The van der Waals surface area contributed by atoms with Crippen molar-refractivity contribution in [2.45, 2.75) is 249 Å². The van der Waals surface area contributed by atoms with E-state index in [9.17, 15) is 39.8 Å². The molecule has 0 amide bonds. The van der Waals surface area contributed by atoms with Crippen LogP contribution in [0.3, 0.4) is 0 Å². The molecule has 8 atom stereocenters. The highest BCUT2D eigenvalue weighted by molar-refractivity contribution is 7.47. The van der Waals surface area contributed by atoms with Gasteiger partial charge in [0.05, 0.1) is 12.9 Å². The zero-order chi connectivity index (χ0) is 43.4. The third kappa shape index (κ3) is 29.6. The van der Waals surface area contributed by atoms with Crippen LogP contribution in [0.4, 0.5) is 0 Å². The molecule has 1 saturated carbocycles. The Balaban J connectivity index is 2.42. The predicted molar refractivity (Wildman–Crippen MR) is 235 cm³/mol. The van der Waals surface area contributed by atoms with Gasteiger partial charge in [-0.15, -0.1) is 0 Å². The van der Waals surface area contributed by atoms with E-state index in [1.807, 2.05) is 6.08 Å². The second-order valence-corrected chi connectivity index (χ2v) is 18.1. The highest BCUT2D eigenvalue weighted by Gasteiger charge is 2.51. The summed E-state index contributed by atoms with van der Waals surface area (Å²) in [5.74, 6) is -0.506. The molecule has 0 aromatic heterocycles. The summed E-state index contributed by atoms with van der Waals surface area (Å²) in [4.78, 5) is 23.1. The van der Waals surface area contributed by atoms with Gasteiger partial charge in [0.1, 0.15) is 43.2 Å². The number of rotatable bonds is 40. The maximum Gasteiger partial charge on any atom is 0.472 e. The van der Waals surface area contributed by atoms with E-state index in [0.717, 1.165) is 57.8 Å². The van der Waals surface area contributed by atoms with Crippen LogP contribution >= 0.6 is 7.82 Å². The normalized spacial score (nSPS) is 22.6. The highest BCUT2D eigenvalue weighted by Crippen LogP contribution is 2.47. The van der Waals surface area contributed by atoms with Crippen molar-refractivity contribution in [1.29, 1.82) is 0 Å². The summed E-state index contributed by atoms with van der Waals surface area (Å²) in [6.45, 7) is 3.73. The smallest absolute Gasteiger partial charge is 0.472 e. The lowest BCUT2D eigenvalue weighted by molar-refractivity contribution is -0.220. The van der Waals surface area contributed by atoms with E-state index < -0.39 is 63.1 Å². The first kappa shape index (κ1) is 55.7. The van der Waals surface area contributed by atoms with Gasteiger partial charge in [0.15, 0.2) is 6.10 Å². The molecule has 13 heteroatoms. The summed E-state index contributed by atoms with van der Waals surface area (Å²) in [5, 5.41) is 50.2. The Hall–Kier alpha value is -1.34. The predicted octanol–water partition coefficient (Wildman–Crippen LogP) is 10.0. The van der Waals surface area contributed by atoms with Crippen molar-refractivity contribution in [3.8, 4) is 0 Å². The number of aliphatic hydroxyl groups excluding tert-OH is 5. The van der Waals surface area contributed by atoms with E-state index in [-0.39, 0.29) is 13.0 Å². The van der Waals surface area contributed by atoms with Gasteiger partial charge in [0.25, 0.3) is 0 Å². The molecule has 0 aromatic carbocycles. The van der Waals surface area contributed by atoms with Crippen molar-refractivity contribution < 1.29 is 58.3 Å². The van der Waals surface area contributed by atoms with Gasteiger partial charge in [0.2, 0.25) is 0 Å². The Labute approximate surface area is 358 Å². The number of ether oxygens (including phenoxy) is 2. The monoisotopic (exact) mass is 863 g/mol. The minimum absolute atomic E-state index is 0.161. The fraction of sp³-hybridized carbons (Fsp3) is 0.891. The Morgan fingerprint density at radius 1 is 0.525 bits per heavy atom. The Morgan fingerprint density at radius 3 is 1.34 bits per heavy atom. The first-order valence-electron chi connectivity index (χ1n) is 23.7.